The Morgan fingerprint density at radius 1 is 1.06 bits per heavy atom. The minimum Gasteiger partial charge on any atom is -0.295 e. The molecule has 0 aliphatic rings. The molecule has 84 valence electrons. The molecule has 4 heteroatoms. The number of aryl methyl sites for hydroxylation is 1. The Kier molecular flexibility index (Phi) is 2.08. The molecule has 3 aromatic rings. The van der Waals surface area contributed by atoms with Gasteiger partial charge in [0.05, 0.1) is 22.9 Å². The molecule has 1 aromatic carbocycles. The van der Waals surface area contributed by atoms with E-state index in [0.29, 0.717) is 0 Å². The zero-order valence-corrected chi connectivity index (χ0v) is 9.37. The largest absolute Gasteiger partial charge is 0.333 e. The van der Waals surface area contributed by atoms with Gasteiger partial charge in [-0.05, 0) is 18.2 Å². The van der Waals surface area contributed by atoms with Crippen molar-refractivity contribution in [1.29, 1.82) is 0 Å². The fraction of sp³-hybridized carbons (Fsp3) is 0.0769. The quantitative estimate of drug-likeness (QED) is 0.632. The molecule has 3 rings (SSSR count). The highest BCUT2D eigenvalue weighted by Crippen LogP contribution is 2.14. The first-order valence-electron chi connectivity index (χ1n) is 5.36. The van der Waals surface area contributed by atoms with Crippen LogP contribution in [0.25, 0.3) is 16.7 Å². The smallest absolute Gasteiger partial charge is 0.295 e. The molecule has 0 saturated heterocycles. The van der Waals surface area contributed by atoms with Crippen LogP contribution in [0.1, 0.15) is 0 Å². The topological polar surface area (TPSA) is 39.8 Å². The lowest BCUT2D eigenvalue weighted by molar-refractivity contribution is 0.846. The highest BCUT2D eigenvalue weighted by atomic mass is 16.1. The van der Waals surface area contributed by atoms with Gasteiger partial charge in [0.15, 0.2) is 0 Å². The van der Waals surface area contributed by atoms with Gasteiger partial charge in [0.1, 0.15) is 0 Å². The molecular formula is C13H11N3O. The van der Waals surface area contributed by atoms with Crippen LogP contribution in [0.3, 0.4) is 0 Å². The summed E-state index contributed by atoms with van der Waals surface area (Å²) in [6.07, 6.45) is 3.40. The van der Waals surface area contributed by atoms with Crippen LogP contribution in [0.15, 0.2) is 53.6 Å². The molecule has 0 amide bonds. The number of benzene rings is 1. The van der Waals surface area contributed by atoms with Gasteiger partial charge in [0.2, 0.25) is 0 Å². The van der Waals surface area contributed by atoms with E-state index in [4.69, 9.17) is 0 Å². The first-order chi connectivity index (χ1) is 8.29. The molecule has 0 saturated carbocycles. The minimum atomic E-state index is -0.0563. The van der Waals surface area contributed by atoms with Crippen LogP contribution >= 0.6 is 0 Å². The molecule has 0 bridgehead atoms. The van der Waals surface area contributed by atoms with Crippen LogP contribution in [0, 0.1) is 0 Å². The van der Waals surface area contributed by atoms with E-state index < -0.39 is 0 Å². The van der Waals surface area contributed by atoms with Gasteiger partial charge in [-0.3, -0.25) is 14.1 Å². The first-order valence-corrected chi connectivity index (χ1v) is 5.36. The van der Waals surface area contributed by atoms with Crippen molar-refractivity contribution in [2.75, 3.05) is 0 Å². The van der Waals surface area contributed by atoms with Crippen LogP contribution in [0.4, 0.5) is 0 Å². The molecule has 0 radical (unpaired) electrons. The van der Waals surface area contributed by atoms with Crippen LogP contribution < -0.4 is 5.69 Å². The van der Waals surface area contributed by atoms with Gasteiger partial charge in [-0.15, -0.1) is 0 Å². The summed E-state index contributed by atoms with van der Waals surface area (Å²) in [5, 5.41) is 0. The van der Waals surface area contributed by atoms with Crippen LogP contribution in [0.5, 0.6) is 0 Å². The fourth-order valence-electron chi connectivity index (χ4n) is 2.02. The molecule has 0 aliphatic heterocycles. The second-order valence-electron chi connectivity index (χ2n) is 3.88. The molecule has 17 heavy (non-hydrogen) atoms. The Bertz CT molecular complexity index is 725. The number of rotatable bonds is 1. The molecule has 2 aromatic heterocycles. The summed E-state index contributed by atoms with van der Waals surface area (Å²) in [5.41, 5.74) is 2.51. The van der Waals surface area contributed by atoms with Gasteiger partial charge in [-0.2, -0.15) is 0 Å². The lowest BCUT2D eigenvalue weighted by Gasteiger charge is -2.01. The SMILES string of the molecule is Cn1c(=O)n(-c2ccccc2)c2cnccc21. The Hall–Kier alpha value is -2.36. The van der Waals surface area contributed by atoms with Crippen LogP contribution in [-0.2, 0) is 7.05 Å². The van der Waals surface area contributed by atoms with E-state index >= 15 is 0 Å². The average molecular weight is 225 g/mol. The average Bonchev–Trinajstić information content (AvgIpc) is 2.64. The number of imidazole rings is 1. The van der Waals surface area contributed by atoms with E-state index in [-0.39, 0.29) is 5.69 Å². The van der Waals surface area contributed by atoms with Crippen molar-refractivity contribution >= 4 is 11.0 Å². The summed E-state index contributed by atoms with van der Waals surface area (Å²) in [4.78, 5) is 16.3. The molecule has 0 atom stereocenters. The molecule has 2 heterocycles. The van der Waals surface area contributed by atoms with E-state index in [1.165, 1.54) is 0 Å². The summed E-state index contributed by atoms with van der Waals surface area (Å²) in [7, 11) is 1.77. The molecular weight excluding hydrogens is 214 g/mol. The van der Waals surface area contributed by atoms with Gasteiger partial charge in [-0.1, -0.05) is 18.2 Å². The Balaban J connectivity index is 2.45. The normalized spacial score (nSPS) is 10.9. The van der Waals surface area contributed by atoms with E-state index in [9.17, 15) is 4.79 Å². The number of para-hydroxylation sites is 1. The third-order valence-corrected chi connectivity index (χ3v) is 2.87. The number of aromatic nitrogens is 3. The Morgan fingerprint density at radius 2 is 1.82 bits per heavy atom. The third-order valence-electron chi connectivity index (χ3n) is 2.87. The zero-order valence-electron chi connectivity index (χ0n) is 9.37. The number of nitrogens with zero attached hydrogens (tertiary/aromatic N) is 3. The van der Waals surface area contributed by atoms with Crippen molar-refractivity contribution in [2.24, 2.45) is 7.05 Å². The maximum Gasteiger partial charge on any atom is 0.333 e. The maximum absolute atomic E-state index is 12.2. The molecule has 0 N–H and O–H groups in total. The van der Waals surface area contributed by atoms with Gasteiger partial charge >= 0.3 is 5.69 Å². The van der Waals surface area contributed by atoms with Gasteiger partial charge in [-0.25, -0.2) is 4.79 Å². The fourth-order valence-corrected chi connectivity index (χ4v) is 2.02. The summed E-state index contributed by atoms with van der Waals surface area (Å²) in [6, 6.07) is 11.4. The van der Waals surface area contributed by atoms with E-state index in [2.05, 4.69) is 4.98 Å². The molecule has 0 aliphatic carbocycles. The van der Waals surface area contributed by atoms with Crippen molar-refractivity contribution in [2.45, 2.75) is 0 Å². The molecule has 0 fully saturated rings. The number of fused-ring (bicyclic) bond motifs is 1. The highest BCUT2D eigenvalue weighted by Gasteiger charge is 2.11. The van der Waals surface area contributed by atoms with Crippen molar-refractivity contribution < 1.29 is 0 Å². The minimum absolute atomic E-state index is 0.0563. The zero-order chi connectivity index (χ0) is 11.8. The molecule has 4 nitrogen and oxygen atoms in total. The standard InChI is InChI=1S/C13H11N3O/c1-15-11-7-8-14-9-12(11)16(13(15)17)10-5-3-2-4-6-10/h2-9H,1H3. The molecule has 0 spiro atoms. The lowest BCUT2D eigenvalue weighted by Crippen LogP contribution is -2.20. The number of hydrogen-bond acceptors (Lipinski definition) is 2. The predicted octanol–water partition coefficient (Wildman–Crippen LogP) is 1.72. The van der Waals surface area contributed by atoms with Crippen molar-refractivity contribution in [1.82, 2.24) is 14.1 Å². The number of hydrogen-bond donors (Lipinski definition) is 0. The summed E-state index contributed by atoms with van der Waals surface area (Å²) < 4.78 is 3.30. The van der Waals surface area contributed by atoms with Crippen LogP contribution in [0.2, 0.25) is 0 Å². The van der Waals surface area contributed by atoms with E-state index in [0.717, 1.165) is 16.7 Å². The van der Waals surface area contributed by atoms with Crippen molar-refractivity contribution in [3.8, 4) is 5.69 Å². The Labute approximate surface area is 97.8 Å². The van der Waals surface area contributed by atoms with E-state index in [1.807, 2.05) is 36.4 Å². The highest BCUT2D eigenvalue weighted by molar-refractivity contribution is 5.76. The maximum atomic E-state index is 12.2. The van der Waals surface area contributed by atoms with Gasteiger partial charge in [0.25, 0.3) is 0 Å². The second-order valence-corrected chi connectivity index (χ2v) is 3.88. The van der Waals surface area contributed by atoms with Gasteiger partial charge in [0, 0.05) is 13.2 Å². The Morgan fingerprint density at radius 3 is 2.59 bits per heavy atom. The summed E-state index contributed by atoms with van der Waals surface area (Å²) >= 11 is 0. The monoisotopic (exact) mass is 225 g/mol. The van der Waals surface area contributed by atoms with Gasteiger partial charge < -0.3 is 0 Å². The van der Waals surface area contributed by atoms with Crippen molar-refractivity contribution in [3.05, 3.63) is 59.3 Å². The summed E-state index contributed by atoms with van der Waals surface area (Å²) in [6.45, 7) is 0. The van der Waals surface area contributed by atoms with Crippen LogP contribution in [-0.4, -0.2) is 14.1 Å². The van der Waals surface area contributed by atoms with Crippen molar-refractivity contribution in [3.63, 3.8) is 0 Å². The first kappa shape index (κ1) is 9.84. The number of pyridine rings is 1. The third kappa shape index (κ3) is 1.38. The second kappa shape index (κ2) is 3.59. The lowest BCUT2D eigenvalue weighted by atomic mass is 10.3. The summed E-state index contributed by atoms with van der Waals surface area (Å²) in [5.74, 6) is 0. The van der Waals surface area contributed by atoms with E-state index in [1.54, 1.807) is 28.6 Å². The predicted molar refractivity (Wildman–Crippen MR) is 66.3 cm³/mol. The molecule has 0 unspecified atom stereocenters.